The van der Waals surface area contributed by atoms with Gasteiger partial charge in [-0.3, -0.25) is 4.90 Å². The Kier molecular flexibility index (Phi) is 2.46. The first-order valence-corrected chi connectivity index (χ1v) is 3.70. The Bertz CT molecular complexity index is 124. The van der Waals surface area contributed by atoms with Gasteiger partial charge in [0.25, 0.3) is 0 Å². The molecule has 0 aromatic heterocycles. The molecule has 0 bridgehead atoms. The van der Waals surface area contributed by atoms with E-state index >= 15 is 0 Å². The van der Waals surface area contributed by atoms with Gasteiger partial charge in [0.1, 0.15) is 0 Å². The van der Waals surface area contributed by atoms with E-state index in [0.717, 1.165) is 13.2 Å². The minimum atomic E-state index is 0.221. The molecule has 2 atom stereocenters. The third-order valence-corrected chi connectivity index (χ3v) is 2.16. The van der Waals surface area contributed by atoms with Crippen LogP contribution in [0.1, 0.15) is 6.92 Å². The number of morpholine rings is 1. The zero-order valence-electron chi connectivity index (χ0n) is 6.71. The third-order valence-electron chi connectivity index (χ3n) is 2.16. The summed E-state index contributed by atoms with van der Waals surface area (Å²) in [6, 6.07) is 0.478. The smallest absolute Gasteiger partial charge is 0.0906 e. The van der Waals surface area contributed by atoms with Crippen LogP contribution in [0.3, 0.4) is 0 Å². The lowest BCUT2D eigenvalue weighted by Crippen LogP contribution is -2.46. The molecule has 0 unspecified atom stereocenters. The zero-order valence-corrected chi connectivity index (χ0v) is 6.71. The third kappa shape index (κ3) is 1.39. The quantitative estimate of drug-likeness (QED) is 0.503. The summed E-state index contributed by atoms with van der Waals surface area (Å²) in [4.78, 5) is 2.29. The first-order chi connectivity index (χ1) is 4.75. The number of hydrogen-bond donors (Lipinski definition) is 0. The van der Waals surface area contributed by atoms with Crippen LogP contribution in [0.5, 0.6) is 0 Å². The Hall–Kier alpha value is -0.340. The minimum absolute atomic E-state index is 0.221. The van der Waals surface area contributed by atoms with Gasteiger partial charge in [0.15, 0.2) is 0 Å². The Morgan fingerprint density at radius 2 is 2.40 bits per heavy atom. The first-order valence-electron chi connectivity index (χ1n) is 3.70. The maximum Gasteiger partial charge on any atom is 0.0906 e. The Morgan fingerprint density at radius 3 is 2.90 bits per heavy atom. The average molecular weight is 141 g/mol. The number of nitrogens with zero attached hydrogens (tertiary/aromatic N) is 1. The predicted molar refractivity (Wildman–Crippen MR) is 42.0 cm³/mol. The zero-order chi connectivity index (χ0) is 7.56. The molecular weight excluding hydrogens is 126 g/mol. The van der Waals surface area contributed by atoms with E-state index in [0.29, 0.717) is 6.04 Å². The minimum Gasteiger partial charge on any atom is -0.371 e. The highest BCUT2D eigenvalue weighted by molar-refractivity contribution is 4.90. The number of rotatable bonds is 1. The molecule has 1 rings (SSSR count). The van der Waals surface area contributed by atoms with Crippen molar-refractivity contribution >= 4 is 0 Å². The van der Waals surface area contributed by atoms with Crippen LogP contribution in [0, 0.1) is 0 Å². The molecule has 1 fully saturated rings. The molecule has 0 spiro atoms. The van der Waals surface area contributed by atoms with Gasteiger partial charge in [-0.15, -0.1) is 6.58 Å². The van der Waals surface area contributed by atoms with Crippen molar-refractivity contribution in [3.05, 3.63) is 12.7 Å². The summed E-state index contributed by atoms with van der Waals surface area (Å²) in [7, 11) is 2.11. The van der Waals surface area contributed by atoms with Crippen LogP contribution in [0.25, 0.3) is 0 Å². The highest BCUT2D eigenvalue weighted by Gasteiger charge is 2.22. The lowest BCUT2D eigenvalue weighted by atomic mass is 10.1. The standard InChI is InChI=1S/C8H15NO/c1-4-8-7(2)9(3)5-6-10-8/h4,7-8H,1,5-6H2,2-3H3/t7-,8+/m0/s1. The molecule has 0 aromatic rings. The molecule has 1 heterocycles. The van der Waals surface area contributed by atoms with E-state index in [2.05, 4.69) is 25.5 Å². The highest BCUT2D eigenvalue weighted by Crippen LogP contribution is 2.11. The van der Waals surface area contributed by atoms with E-state index in [-0.39, 0.29) is 6.10 Å². The van der Waals surface area contributed by atoms with E-state index in [4.69, 9.17) is 4.74 Å². The molecular formula is C8H15NO. The molecule has 0 aromatic carbocycles. The summed E-state index contributed by atoms with van der Waals surface area (Å²) in [5.41, 5.74) is 0. The van der Waals surface area contributed by atoms with Gasteiger partial charge in [-0.1, -0.05) is 6.08 Å². The van der Waals surface area contributed by atoms with E-state index < -0.39 is 0 Å². The lowest BCUT2D eigenvalue weighted by Gasteiger charge is -2.35. The molecule has 2 nitrogen and oxygen atoms in total. The maximum absolute atomic E-state index is 5.45. The molecule has 1 aliphatic rings. The fourth-order valence-electron chi connectivity index (χ4n) is 1.19. The average Bonchev–Trinajstić information content (AvgIpc) is 1.95. The van der Waals surface area contributed by atoms with Crippen molar-refractivity contribution in [3.8, 4) is 0 Å². The van der Waals surface area contributed by atoms with Gasteiger partial charge in [-0.2, -0.15) is 0 Å². The summed E-state index contributed by atoms with van der Waals surface area (Å²) in [5, 5.41) is 0. The molecule has 58 valence electrons. The van der Waals surface area contributed by atoms with Gasteiger partial charge in [0.05, 0.1) is 12.7 Å². The van der Waals surface area contributed by atoms with Crippen molar-refractivity contribution < 1.29 is 4.74 Å². The van der Waals surface area contributed by atoms with Crippen LogP contribution >= 0.6 is 0 Å². The van der Waals surface area contributed by atoms with Crippen LogP contribution in [0.4, 0.5) is 0 Å². The molecule has 0 radical (unpaired) electrons. The van der Waals surface area contributed by atoms with Crippen LogP contribution in [-0.2, 0) is 4.74 Å². The summed E-state index contributed by atoms with van der Waals surface area (Å²) >= 11 is 0. The van der Waals surface area contributed by atoms with Gasteiger partial charge in [-0.25, -0.2) is 0 Å². The molecule has 2 heteroatoms. The van der Waals surface area contributed by atoms with Gasteiger partial charge in [0.2, 0.25) is 0 Å². The van der Waals surface area contributed by atoms with Gasteiger partial charge in [0, 0.05) is 12.6 Å². The summed E-state index contributed by atoms with van der Waals surface area (Å²) in [6.45, 7) is 7.74. The fourth-order valence-corrected chi connectivity index (χ4v) is 1.19. The van der Waals surface area contributed by atoms with Crippen molar-refractivity contribution in [1.29, 1.82) is 0 Å². The van der Waals surface area contributed by atoms with Crippen LogP contribution < -0.4 is 0 Å². The molecule has 1 saturated heterocycles. The van der Waals surface area contributed by atoms with E-state index in [1.54, 1.807) is 0 Å². The lowest BCUT2D eigenvalue weighted by molar-refractivity contribution is -0.0295. The van der Waals surface area contributed by atoms with Gasteiger partial charge in [-0.05, 0) is 14.0 Å². The largest absolute Gasteiger partial charge is 0.371 e. The van der Waals surface area contributed by atoms with Crippen molar-refractivity contribution in [2.45, 2.75) is 19.1 Å². The Morgan fingerprint density at radius 1 is 1.70 bits per heavy atom. The van der Waals surface area contributed by atoms with Crippen molar-refractivity contribution in [2.75, 3.05) is 20.2 Å². The van der Waals surface area contributed by atoms with E-state index in [9.17, 15) is 0 Å². The maximum atomic E-state index is 5.45. The molecule has 0 aliphatic carbocycles. The van der Waals surface area contributed by atoms with Crippen molar-refractivity contribution in [3.63, 3.8) is 0 Å². The fraction of sp³-hybridized carbons (Fsp3) is 0.750. The second-order valence-corrected chi connectivity index (χ2v) is 2.79. The Labute approximate surface area is 62.5 Å². The van der Waals surface area contributed by atoms with Crippen LogP contribution in [-0.4, -0.2) is 37.2 Å². The highest BCUT2D eigenvalue weighted by atomic mass is 16.5. The summed E-state index contributed by atoms with van der Waals surface area (Å²) in [6.07, 6.45) is 2.10. The van der Waals surface area contributed by atoms with E-state index in [1.807, 2.05) is 6.08 Å². The first kappa shape index (κ1) is 7.76. The molecule has 0 amide bonds. The number of likely N-dealkylation sites (N-methyl/N-ethyl adjacent to an activating group) is 1. The van der Waals surface area contributed by atoms with Crippen LogP contribution in [0.15, 0.2) is 12.7 Å². The summed E-state index contributed by atoms with van der Waals surface area (Å²) in [5.74, 6) is 0. The number of ether oxygens (including phenoxy) is 1. The topological polar surface area (TPSA) is 12.5 Å². The van der Waals surface area contributed by atoms with Gasteiger partial charge < -0.3 is 4.74 Å². The Balaban J connectivity index is 2.50. The molecule has 10 heavy (non-hydrogen) atoms. The number of hydrogen-bond acceptors (Lipinski definition) is 2. The van der Waals surface area contributed by atoms with Gasteiger partial charge >= 0.3 is 0 Å². The molecule has 1 aliphatic heterocycles. The second kappa shape index (κ2) is 3.17. The summed E-state index contributed by atoms with van der Waals surface area (Å²) < 4.78 is 5.45. The molecule has 0 saturated carbocycles. The predicted octanol–water partition coefficient (Wildman–Crippen LogP) is 0.892. The normalized spacial score (nSPS) is 35.8. The van der Waals surface area contributed by atoms with Crippen LogP contribution in [0.2, 0.25) is 0 Å². The molecule has 0 N–H and O–H groups in total. The SMILES string of the molecule is C=C[C@H]1OCCN(C)[C@H]1C. The van der Waals surface area contributed by atoms with Crippen molar-refractivity contribution in [1.82, 2.24) is 4.90 Å². The monoisotopic (exact) mass is 141 g/mol. The second-order valence-electron chi connectivity index (χ2n) is 2.79. The van der Waals surface area contributed by atoms with E-state index in [1.165, 1.54) is 0 Å². The van der Waals surface area contributed by atoms with Crippen molar-refractivity contribution in [2.24, 2.45) is 0 Å².